The predicted molar refractivity (Wildman–Crippen MR) is 126 cm³/mol. The summed E-state index contributed by atoms with van der Waals surface area (Å²) in [4.78, 5) is 36.5. The number of hydrogen-bond acceptors (Lipinski definition) is 5. The topological polar surface area (TPSA) is 81.7 Å². The molecule has 7 heteroatoms. The second-order valence-corrected chi connectivity index (χ2v) is 8.61. The van der Waals surface area contributed by atoms with E-state index in [1.54, 1.807) is 31.2 Å². The summed E-state index contributed by atoms with van der Waals surface area (Å²) in [6.07, 6.45) is 3.99. The van der Waals surface area contributed by atoms with Crippen LogP contribution < -0.4 is 10.1 Å². The number of ether oxygens (including phenoxy) is 2. The summed E-state index contributed by atoms with van der Waals surface area (Å²) >= 11 is 0. The summed E-state index contributed by atoms with van der Waals surface area (Å²) in [5.41, 5.74) is 1.41. The molecule has 1 fully saturated rings. The molecule has 0 bridgehead atoms. The van der Waals surface area contributed by atoms with Crippen molar-refractivity contribution in [3.8, 4) is 5.75 Å². The van der Waals surface area contributed by atoms with Crippen LogP contribution in [-0.4, -0.2) is 36.9 Å². The van der Waals surface area contributed by atoms with E-state index in [1.807, 2.05) is 6.92 Å². The molecule has 1 N–H and O–H groups in total. The molecule has 2 aromatic rings. The van der Waals surface area contributed by atoms with Crippen LogP contribution in [-0.2, 0) is 9.53 Å². The molecule has 1 amide bonds. The number of nitrogens with one attached hydrogen (secondary N) is 1. The molecule has 0 heterocycles. The largest absolute Gasteiger partial charge is 0.490 e. The third kappa shape index (κ3) is 7.14. The van der Waals surface area contributed by atoms with Crippen LogP contribution in [0.1, 0.15) is 71.7 Å². The van der Waals surface area contributed by atoms with Gasteiger partial charge in [-0.1, -0.05) is 0 Å². The van der Waals surface area contributed by atoms with Crippen molar-refractivity contribution >= 4 is 17.7 Å². The Morgan fingerprint density at radius 2 is 1.68 bits per heavy atom. The molecular formula is C27H32FNO5. The molecule has 0 unspecified atom stereocenters. The van der Waals surface area contributed by atoms with Crippen LogP contribution in [0.25, 0.3) is 0 Å². The molecule has 0 radical (unpaired) electrons. The van der Waals surface area contributed by atoms with Crippen LogP contribution >= 0.6 is 0 Å². The fourth-order valence-electron chi connectivity index (χ4n) is 4.07. The monoisotopic (exact) mass is 469 g/mol. The summed E-state index contributed by atoms with van der Waals surface area (Å²) in [5.74, 6) is -0.0852. The van der Waals surface area contributed by atoms with Gasteiger partial charge in [0.05, 0.1) is 18.6 Å². The number of carbonyl (C=O) groups is 3. The number of carbonyl (C=O) groups excluding carboxylic acids is 3. The number of halogens is 1. The maximum atomic E-state index is 13.3. The number of ketones is 1. The first kappa shape index (κ1) is 25.4. The van der Waals surface area contributed by atoms with Crippen LogP contribution in [0.4, 0.5) is 4.39 Å². The van der Waals surface area contributed by atoms with Gasteiger partial charge in [0.25, 0.3) is 5.91 Å². The van der Waals surface area contributed by atoms with Crippen molar-refractivity contribution < 1.29 is 28.2 Å². The lowest BCUT2D eigenvalue weighted by Gasteiger charge is -2.27. The lowest BCUT2D eigenvalue weighted by molar-refractivity contribution is -0.149. The molecule has 3 rings (SSSR count). The van der Waals surface area contributed by atoms with Crippen molar-refractivity contribution in [3.63, 3.8) is 0 Å². The van der Waals surface area contributed by atoms with Crippen molar-refractivity contribution in [2.24, 2.45) is 5.92 Å². The number of Topliss-reactive ketones (excluding diaryl/α,β-unsaturated/α-hetero) is 1. The van der Waals surface area contributed by atoms with Gasteiger partial charge in [-0.15, -0.1) is 0 Å². The molecule has 1 aliphatic carbocycles. The summed E-state index contributed by atoms with van der Waals surface area (Å²) in [6, 6.07) is 11.3. The van der Waals surface area contributed by atoms with Gasteiger partial charge in [0.2, 0.25) is 0 Å². The maximum absolute atomic E-state index is 13.3. The molecule has 0 spiro atoms. The zero-order chi connectivity index (χ0) is 24.5. The number of hydrogen-bond donors (Lipinski definition) is 1. The minimum Gasteiger partial charge on any atom is -0.490 e. The Labute approximate surface area is 199 Å². The number of rotatable bonds is 10. The molecule has 0 saturated heterocycles. The number of aryl methyl sites for hydroxylation is 1. The lowest BCUT2D eigenvalue weighted by atomic mass is 9.87. The van der Waals surface area contributed by atoms with E-state index < -0.39 is 0 Å². The standard InChI is InChI=1S/C27H32FNO5/c1-3-33-27(32)20-8-13-23(14-9-20)34-22-11-6-19(7-12-22)25(30)5-4-16-29-26(31)21-10-15-24(28)18(2)17-21/h6-7,10-12,15,17,20,23H,3-5,8-9,13-14,16H2,1-2H3,(H,29,31). The molecule has 0 atom stereocenters. The average molecular weight is 470 g/mol. The van der Waals surface area contributed by atoms with Gasteiger partial charge in [0.15, 0.2) is 5.78 Å². The molecule has 1 saturated carbocycles. The highest BCUT2D eigenvalue weighted by Crippen LogP contribution is 2.28. The molecule has 0 aromatic heterocycles. The van der Waals surface area contributed by atoms with Crippen molar-refractivity contribution in [1.82, 2.24) is 5.32 Å². The third-order valence-corrected chi connectivity index (χ3v) is 6.06. The number of amides is 1. The van der Waals surface area contributed by atoms with Crippen molar-refractivity contribution in [2.75, 3.05) is 13.2 Å². The summed E-state index contributed by atoms with van der Waals surface area (Å²) < 4.78 is 24.5. The van der Waals surface area contributed by atoms with Crippen molar-refractivity contribution in [1.29, 1.82) is 0 Å². The Kier molecular flexibility index (Phi) is 9.19. The second kappa shape index (κ2) is 12.3. The van der Waals surface area contributed by atoms with Crippen LogP contribution in [0.3, 0.4) is 0 Å². The smallest absolute Gasteiger partial charge is 0.308 e. The van der Waals surface area contributed by atoms with Gasteiger partial charge in [-0.25, -0.2) is 4.39 Å². The van der Waals surface area contributed by atoms with Crippen molar-refractivity contribution in [2.45, 2.75) is 58.5 Å². The molecule has 34 heavy (non-hydrogen) atoms. The Morgan fingerprint density at radius 3 is 2.32 bits per heavy atom. The Bertz CT molecular complexity index is 997. The van der Waals surface area contributed by atoms with Gasteiger partial charge in [-0.2, -0.15) is 0 Å². The SMILES string of the molecule is CCOC(=O)C1CCC(Oc2ccc(C(=O)CCCNC(=O)c3ccc(F)c(C)c3)cc2)CC1. The van der Waals surface area contributed by atoms with Gasteiger partial charge in [-0.3, -0.25) is 14.4 Å². The highest BCUT2D eigenvalue weighted by molar-refractivity contribution is 5.96. The molecule has 0 aliphatic heterocycles. The molecule has 2 aromatic carbocycles. The molecular weight excluding hydrogens is 437 g/mol. The van der Waals surface area contributed by atoms with Gasteiger partial charge in [0.1, 0.15) is 11.6 Å². The Balaban J connectivity index is 1.38. The van der Waals surface area contributed by atoms with Gasteiger partial charge < -0.3 is 14.8 Å². The zero-order valence-corrected chi connectivity index (χ0v) is 19.8. The van der Waals surface area contributed by atoms with E-state index in [9.17, 15) is 18.8 Å². The quantitative estimate of drug-likeness (QED) is 0.300. The van der Waals surface area contributed by atoms with Crippen LogP contribution in [0.5, 0.6) is 5.75 Å². The predicted octanol–water partition coefficient (Wildman–Crippen LogP) is 5.03. The molecule has 182 valence electrons. The summed E-state index contributed by atoms with van der Waals surface area (Å²) in [5, 5.41) is 2.76. The fraction of sp³-hybridized carbons (Fsp3) is 0.444. The highest BCUT2D eigenvalue weighted by atomic mass is 19.1. The second-order valence-electron chi connectivity index (χ2n) is 8.61. The first-order chi connectivity index (χ1) is 16.4. The Morgan fingerprint density at radius 1 is 1.00 bits per heavy atom. The first-order valence-corrected chi connectivity index (χ1v) is 11.9. The van der Waals surface area contributed by atoms with Gasteiger partial charge in [0, 0.05) is 24.1 Å². The summed E-state index contributed by atoms with van der Waals surface area (Å²) in [7, 11) is 0. The van der Waals surface area contributed by atoms with Crippen LogP contribution in [0.15, 0.2) is 42.5 Å². The minimum atomic E-state index is -0.347. The minimum absolute atomic E-state index is 0.00614. The highest BCUT2D eigenvalue weighted by Gasteiger charge is 2.28. The summed E-state index contributed by atoms with van der Waals surface area (Å²) in [6.45, 7) is 4.19. The van der Waals surface area contributed by atoms with E-state index in [1.165, 1.54) is 18.2 Å². The third-order valence-electron chi connectivity index (χ3n) is 6.06. The number of esters is 1. The Hall–Kier alpha value is -3.22. The fourth-order valence-corrected chi connectivity index (χ4v) is 4.07. The van der Waals surface area contributed by atoms with E-state index in [4.69, 9.17) is 9.47 Å². The normalized spacial score (nSPS) is 17.6. The first-order valence-electron chi connectivity index (χ1n) is 11.9. The van der Waals surface area contributed by atoms with Crippen molar-refractivity contribution in [3.05, 3.63) is 65.0 Å². The van der Waals surface area contributed by atoms with E-state index in [0.717, 1.165) is 25.7 Å². The lowest BCUT2D eigenvalue weighted by Crippen LogP contribution is -2.29. The van der Waals surface area contributed by atoms with Gasteiger partial charge >= 0.3 is 5.97 Å². The molecule has 1 aliphatic rings. The molecule has 6 nitrogen and oxygen atoms in total. The van der Waals surface area contributed by atoms with E-state index >= 15 is 0 Å². The maximum Gasteiger partial charge on any atom is 0.308 e. The zero-order valence-electron chi connectivity index (χ0n) is 19.8. The van der Waals surface area contributed by atoms with Gasteiger partial charge in [-0.05, 0) is 94.0 Å². The number of benzene rings is 2. The van der Waals surface area contributed by atoms with E-state index in [-0.39, 0.29) is 35.5 Å². The van der Waals surface area contributed by atoms with E-state index in [2.05, 4.69) is 5.32 Å². The van der Waals surface area contributed by atoms with Crippen LogP contribution in [0.2, 0.25) is 0 Å². The van der Waals surface area contributed by atoms with E-state index in [0.29, 0.717) is 48.4 Å². The average Bonchev–Trinajstić information content (AvgIpc) is 2.84. The van der Waals surface area contributed by atoms with Crippen LogP contribution in [0, 0.1) is 18.7 Å².